The zero-order valence-electron chi connectivity index (χ0n) is 16.7. The van der Waals surface area contributed by atoms with Crippen LogP contribution in [0.1, 0.15) is 46.9 Å². The van der Waals surface area contributed by atoms with Crippen LogP contribution in [-0.2, 0) is 24.2 Å². The van der Waals surface area contributed by atoms with Gasteiger partial charge in [0.1, 0.15) is 11.5 Å². The molecule has 2 aromatic rings. The molecule has 7 nitrogen and oxygen atoms in total. The van der Waals surface area contributed by atoms with Gasteiger partial charge in [0.2, 0.25) is 0 Å². The highest BCUT2D eigenvalue weighted by molar-refractivity contribution is 5.86. The minimum Gasteiger partial charge on any atom is -0.507 e. The Morgan fingerprint density at radius 1 is 1.21 bits per heavy atom. The molecular formula is C21H25N3O4. The number of phenols is 1. The highest BCUT2D eigenvalue weighted by atomic mass is 16.5. The highest BCUT2D eigenvalue weighted by Crippen LogP contribution is 2.43. The van der Waals surface area contributed by atoms with Gasteiger partial charge in [-0.2, -0.15) is 0 Å². The predicted molar refractivity (Wildman–Crippen MR) is 104 cm³/mol. The van der Waals surface area contributed by atoms with Crippen LogP contribution in [0.2, 0.25) is 0 Å². The largest absolute Gasteiger partial charge is 0.507 e. The number of hydrogen-bond acceptors (Lipinski definition) is 5. The van der Waals surface area contributed by atoms with E-state index in [0.29, 0.717) is 55.1 Å². The molecule has 4 rings (SSSR count). The minimum absolute atomic E-state index is 0.0892. The van der Waals surface area contributed by atoms with Crippen LogP contribution in [0.3, 0.4) is 0 Å². The van der Waals surface area contributed by atoms with Crippen molar-refractivity contribution in [3.05, 3.63) is 50.2 Å². The molecule has 0 saturated carbocycles. The first-order valence-electron chi connectivity index (χ1n) is 9.58. The summed E-state index contributed by atoms with van der Waals surface area (Å²) in [5, 5.41) is 10.3. The number of nitrogens with one attached hydrogen (secondary N) is 1. The minimum atomic E-state index is -0.980. The van der Waals surface area contributed by atoms with Crippen molar-refractivity contribution in [1.29, 1.82) is 0 Å². The van der Waals surface area contributed by atoms with Gasteiger partial charge >= 0.3 is 0 Å². The van der Waals surface area contributed by atoms with E-state index in [1.807, 2.05) is 27.7 Å². The maximum absolute atomic E-state index is 13.4. The molecule has 0 radical (unpaired) electrons. The fourth-order valence-electron chi connectivity index (χ4n) is 4.27. The van der Waals surface area contributed by atoms with Crippen molar-refractivity contribution >= 4 is 5.91 Å². The third-order valence-electron chi connectivity index (χ3n) is 6.27. The molecule has 1 unspecified atom stereocenters. The van der Waals surface area contributed by atoms with E-state index in [2.05, 4.69) is 9.97 Å². The number of aromatic amines is 1. The molecule has 3 heterocycles. The van der Waals surface area contributed by atoms with E-state index in [4.69, 9.17) is 4.74 Å². The summed E-state index contributed by atoms with van der Waals surface area (Å²) < 4.78 is 6.30. The zero-order chi connectivity index (χ0) is 20.2. The summed E-state index contributed by atoms with van der Waals surface area (Å²) in [6.07, 6.45) is 3.07. The Morgan fingerprint density at radius 2 is 1.96 bits per heavy atom. The Labute approximate surface area is 163 Å². The molecule has 1 aromatic heterocycles. The van der Waals surface area contributed by atoms with E-state index in [9.17, 15) is 14.7 Å². The number of nitrogens with zero attached hydrogens (tertiary/aromatic N) is 2. The van der Waals surface area contributed by atoms with Crippen LogP contribution in [0.15, 0.2) is 11.1 Å². The summed E-state index contributed by atoms with van der Waals surface area (Å²) in [5.74, 6) is 0.925. The summed E-state index contributed by atoms with van der Waals surface area (Å²) in [6, 6.07) is 0. The van der Waals surface area contributed by atoms with Crippen molar-refractivity contribution in [3.8, 4) is 11.5 Å². The van der Waals surface area contributed by atoms with Crippen molar-refractivity contribution in [2.45, 2.75) is 59.1 Å². The summed E-state index contributed by atoms with van der Waals surface area (Å²) in [6.45, 7) is 8.28. The van der Waals surface area contributed by atoms with Gasteiger partial charge in [0.25, 0.3) is 11.5 Å². The summed E-state index contributed by atoms with van der Waals surface area (Å²) in [5.41, 5.74) is 3.64. The molecule has 28 heavy (non-hydrogen) atoms. The lowest BCUT2D eigenvalue weighted by Crippen LogP contribution is -2.54. The van der Waals surface area contributed by atoms with Crippen LogP contribution < -0.4 is 10.3 Å². The first kappa shape index (κ1) is 18.5. The average molecular weight is 383 g/mol. The Kier molecular flexibility index (Phi) is 4.21. The number of fused-ring (bicyclic) bond motifs is 2. The van der Waals surface area contributed by atoms with Crippen LogP contribution >= 0.6 is 0 Å². The number of rotatable bonds is 1. The molecule has 1 amide bonds. The molecule has 0 spiro atoms. The van der Waals surface area contributed by atoms with Crippen molar-refractivity contribution in [2.24, 2.45) is 0 Å². The number of benzene rings is 1. The monoisotopic (exact) mass is 383 g/mol. The van der Waals surface area contributed by atoms with E-state index >= 15 is 0 Å². The summed E-state index contributed by atoms with van der Waals surface area (Å²) in [4.78, 5) is 33.9. The normalized spacial score (nSPS) is 20.9. The second-order valence-corrected chi connectivity index (χ2v) is 8.00. The van der Waals surface area contributed by atoms with Gasteiger partial charge in [-0.15, -0.1) is 0 Å². The maximum Gasteiger partial charge on any atom is 0.266 e. The number of aromatic hydroxyl groups is 1. The van der Waals surface area contributed by atoms with Crippen LogP contribution in [0.25, 0.3) is 0 Å². The SMILES string of the molecule is Cc1c(C)c2c(c(C)c1O)CCC(C)(C(=O)N1CCc3c(nc[nH]c3=O)C1)O2. The van der Waals surface area contributed by atoms with E-state index in [0.717, 1.165) is 22.3 Å². The Bertz CT molecular complexity index is 1040. The maximum atomic E-state index is 13.4. The smallest absolute Gasteiger partial charge is 0.266 e. The van der Waals surface area contributed by atoms with Crippen molar-refractivity contribution in [2.75, 3.05) is 6.54 Å². The van der Waals surface area contributed by atoms with E-state index in [-0.39, 0.29) is 11.5 Å². The van der Waals surface area contributed by atoms with Gasteiger partial charge in [0.05, 0.1) is 18.6 Å². The lowest BCUT2D eigenvalue weighted by molar-refractivity contribution is -0.149. The molecule has 0 aliphatic carbocycles. The fourth-order valence-corrected chi connectivity index (χ4v) is 4.27. The van der Waals surface area contributed by atoms with E-state index < -0.39 is 5.60 Å². The number of carbonyl (C=O) groups excluding carboxylic acids is 1. The van der Waals surface area contributed by atoms with Gasteiger partial charge in [-0.3, -0.25) is 9.59 Å². The second kappa shape index (κ2) is 6.36. The van der Waals surface area contributed by atoms with Crippen LogP contribution in [0.5, 0.6) is 11.5 Å². The Balaban J connectivity index is 1.64. The number of ether oxygens (including phenoxy) is 1. The molecular weight excluding hydrogens is 358 g/mol. The molecule has 2 N–H and O–H groups in total. The summed E-state index contributed by atoms with van der Waals surface area (Å²) in [7, 11) is 0. The highest BCUT2D eigenvalue weighted by Gasteiger charge is 2.44. The van der Waals surface area contributed by atoms with Gasteiger partial charge in [0.15, 0.2) is 5.60 Å². The quantitative estimate of drug-likeness (QED) is 0.786. The van der Waals surface area contributed by atoms with Crippen molar-refractivity contribution in [1.82, 2.24) is 14.9 Å². The van der Waals surface area contributed by atoms with E-state index in [1.54, 1.807) is 4.90 Å². The molecule has 1 aromatic carbocycles. The molecule has 2 aliphatic rings. The van der Waals surface area contributed by atoms with Crippen LogP contribution in [0.4, 0.5) is 0 Å². The molecule has 0 fully saturated rings. The third-order valence-corrected chi connectivity index (χ3v) is 6.27. The van der Waals surface area contributed by atoms with Gasteiger partial charge in [-0.05, 0) is 57.2 Å². The number of hydrogen-bond donors (Lipinski definition) is 2. The topological polar surface area (TPSA) is 95.5 Å². The van der Waals surface area contributed by atoms with Gasteiger partial charge in [-0.25, -0.2) is 4.98 Å². The second-order valence-electron chi connectivity index (χ2n) is 8.00. The third kappa shape index (κ3) is 2.68. The number of phenolic OH excluding ortho intramolecular Hbond substituents is 1. The van der Waals surface area contributed by atoms with Gasteiger partial charge < -0.3 is 19.7 Å². The predicted octanol–water partition coefficient (Wildman–Crippen LogP) is 2.07. The molecule has 1 atom stereocenters. The number of carbonyl (C=O) groups is 1. The molecule has 0 saturated heterocycles. The molecule has 0 bridgehead atoms. The molecule has 7 heteroatoms. The first-order valence-corrected chi connectivity index (χ1v) is 9.58. The number of amides is 1. The van der Waals surface area contributed by atoms with Gasteiger partial charge in [-0.1, -0.05) is 0 Å². The fraction of sp³-hybridized carbons (Fsp3) is 0.476. The van der Waals surface area contributed by atoms with Crippen LogP contribution in [0, 0.1) is 20.8 Å². The number of H-pyrrole nitrogens is 1. The lowest BCUT2D eigenvalue weighted by atomic mass is 9.86. The van der Waals surface area contributed by atoms with E-state index in [1.165, 1.54) is 6.33 Å². The standard InChI is InChI=1S/C21H25N3O4/c1-11-12(2)18-14(13(3)17(11)25)5-7-21(4,28-18)20(27)24-8-6-15-16(9-24)22-10-23-19(15)26/h10,25H,5-9H2,1-4H3,(H,22,23,26). The Hall–Kier alpha value is -2.83. The number of aromatic nitrogens is 2. The van der Waals surface area contributed by atoms with Crippen LogP contribution in [-0.4, -0.2) is 38.0 Å². The van der Waals surface area contributed by atoms with Gasteiger partial charge in [0, 0.05) is 24.1 Å². The van der Waals surface area contributed by atoms with Crippen molar-refractivity contribution < 1.29 is 14.6 Å². The van der Waals surface area contributed by atoms with Crippen molar-refractivity contribution in [3.63, 3.8) is 0 Å². The summed E-state index contributed by atoms with van der Waals surface area (Å²) >= 11 is 0. The molecule has 2 aliphatic heterocycles. The zero-order valence-corrected chi connectivity index (χ0v) is 16.7. The molecule has 148 valence electrons. The Morgan fingerprint density at radius 3 is 2.71 bits per heavy atom. The first-order chi connectivity index (χ1) is 13.2. The average Bonchev–Trinajstić information content (AvgIpc) is 2.70. The lowest BCUT2D eigenvalue weighted by Gasteiger charge is -2.40.